The van der Waals surface area contributed by atoms with Gasteiger partial charge < -0.3 is 10.1 Å². The highest BCUT2D eigenvalue weighted by molar-refractivity contribution is 5.99. The maximum atomic E-state index is 12.4. The average molecular weight is 290 g/mol. The number of ether oxygens (including phenoxy) is 1. The number of nitrogens with zero attached hydrogens (tertiary/aromatic N) is 1. The Morgan fingerprint density at radius 3 is 2.86 bits per heavy atom. The van der Waals surface area contributed by atoms with E-state index < -0.39 is 6.09 Å². The topological polar surface area (TPSA) is 58.6 Å². The second kappa shape index (κ2) is 6.72. The van der Waals surface area contributed by atoms with Crippen LogP contribution in [0.5, 0.6) is 0 Å². The summed E-state index contributed by atoms with van der Waals surface area (Å²) in [7, 11) is 1.35. The number of methoxy groups -OCH3 is 1. The normalized spacial score (nSPS) is 18.5. The molecule has 1 N–H and O–H groups in total. The molecule has 1 aromatic rings. The van der Waals surface area contributed by atoms with E-state index in [0.717, 1.165) is 29.7 Å². The summed E-state index contributed by atoms with van der Waals surface area (Å²) in [6.45, 7) is 5.83. The van der Waals surface area contributed by atoms with Gasteiger partial charge in [-0.25, -0.2) is 4.79 Å². The van der Waals surface area contributed by atoms with Crippen LogP contribution in [0.4, 0.5) is 4.79 Å². The monoisotopic (exact) mass is 290 g/mol. The first kappa shape index (κ1) is 15.5. The first-order valence-corrected chi connectivity index (χ1v) is 7.17. The Labute approximate surface area is 125 Å². The number of carbonyl (C=O) groups excluding carboxylic acids is 2. The lowest BCUT2D eigenvalue weighted by Crippen LogP contribution is -2.38. The molecule has 0 aliphatic carbocycles. The summed E-state index contributed by atoms with van der Waals surface area (Å²) in [4.78, 5) is 25.7. The molecule has 0 spiro atoms. The second-order valence-electron chi connectivity index (χ2n) is 5.60. The molecule has 1 aliphatic rings. The molecule has 1 fully saturated rings. The molecule has 5 heteroatoms. The van der Waals surface area contributed by atoms with E-state index in [1.807, 2.05) is 32.0 Å². The van der Waals surface area contributed by atoms with Gasteiger partial charge in [-0.2, -0.15) is 0 Å². The van der Waals surface area contributed by atoms with Crippen LogP contribution in [0.25, 0.3) is 0 Å². The molecule has 1 heterocycles. The van der Waals surface area contributed by atoms with Crippen molar-refractivity contribution in [3.63, 3.8) is 0 Å². The van der Waals surface area contributed by atoms with Crippen molar-refractivity contribution < 1.29 is 14.3 Å². The number of Topliss-reactive ketones (excluding diaryl/α,β-unsaturated/α-hetero) is 1. The van der Waals surface area contributed by atoms with E-state index in [4.69, 9.17) is 0 Å². The van der Waals surface area contributed by atoms with Crippen molar-refractivity contribution in [2.45, 2.75) is 26.3 Å². The summed E-state index contributed by atoms with van der Waals surface area (Å²) >= 11 is 0. The van der Waals surface area contributed by atoms with Crippen LogP contribution >= 0.6 is 0 Å². The van der Waals surface area contributed by atoms with Crippen LogP contribution in [0.1, 0.15) is 27.9 Å². The number of alkyl carbamates (subject to hydrolysis) is 1. The lowest BCUT2D eigenvalue weighted by molar-refractivity contribution is 0.0943. The third-order valence-corrected chi connectivity index (χ3v) is 3.84. The molecule has 0 aromatic heterocycles. The molecule has 5 nitrogen and oxygen atoms in total. The van der Waals surface area contributed by atoms with Crippen molar-refractivity contribution in [1.82, 2.24) is 10.2 Å². The quantitative estimate of drug-likeness (QED) is 0.861. The van der Waals surface area contributed by atoms with Gasteiger partial charge in [0, 0.05) is 24.7 Å². The van der Waals surface area contributed by atoms with Crippen LogP contribution in [-0.4, -0.2) is 49.6 Å². The summed E-state index contributed by atoms with van der Waals surface area (Å²) in [6, 6.07) is 5.99. The van der Waals surface area contributed by atoms with E-state index in [0.29, 0.717) is 13.1 Å². The molecular weight excluding hydrogens is 268 g/mol. The fourth-order valence-electron chi connectivity index (χ4n) is 2.64. The van der Waals surface area contributed by atoms with E-state index in [1.54, 1.807) is 0 Å². The lowest BCUT2D eigenvalue weighted by atomic mass is 10.0. The third kappa shape index (κ3) is 4.04. The smallest absolute Gasteiger partial charge is 0.407 e. The van der Waals surface area contributed by atoms with E-state index in [2.05, 4.69) is 15.0 Å². The zero-order chi connectivity index (χ0) is 15.4. The van der Waals surface area contributed by atoms with Crippen LogP contribution in [0.2, 0.25) is 0 Å². The highest BCUT2D eigenvalue weighted by Crippen LogP contribution is 2.14. The molecule has 1 unspecified atom stereocenters. The number of ketones is 1. The van der Waals surface area contributed by atoms with Gasteiger partial charge in [0.05, 0.1) is 13.7 Å². The first-order valence-electron chi connectivity index (χ1n) is 7.17. The minimum Gasteiger partial charge on any atom is -0.453 e. The lowest BCUT2D eigenvalue weighted by Gasteiger charge is -2.16. The van der Waals surface area contributed by atoms with E-state index in [1.165, 1.54) is 7.11 Å². The SMILES string of the molecule is COC(=O)NC1CCN(CC(=O)c2cc(C)ccc2C)C1. The van der Waals surface area contributed by atoms with Crippen molar-refractivity contribution in [2.75, 3.05) is 26.7 Å². The number of rotatable bonds is 4. The Bertz CT molecular complexity index is 542. The number of hydrogen-bond acceptors (Lipinski definition) is 4. The summed E-state index contributed by atoms with van der Waals surface area (Å²) in [5, 5.41) is 2.78. The van der Waals surface area contributed by atoms with E-state index >= 15 is 0 Å². The molecule has 0 radical (unpaired) electrons. The minimum absolute atomic E-state index is 0.0591. The molecule has 21 heavy (non-hydrogen) atoms. The largest absolute Gasteiger partial charge is 0.453 e. The highest BCUT2D eigenvalue weighted by Gasteiger charge is 2.26. The predicted molar refractivity (Wildman–Crippen MR) is 80.6 cm³/mol. The van der Waals surface area contributed by atoms with Gasteiger partial charge in [0.25, 0.3) is 0 Å². The molecule has 1 aliphatic heterocycles. The Morgan fingerprint density at radius 2 is 2.14 bits per heavy atom. The molecule has 0 bridgehead atoms. The standard InChI is InChI=1S/C16H22N2O3/c1-11-4-5-12(2)14(8-11)15(19)10-18-7-6-13(9-18)17-16(20)21-3/h4-5,8,13H,6-7,9-10H2,1-3H3,(H,17,20). The van der Waals surface area contributed by atoms with E-state index in [-0.39, 0.29) is 11.8 Å². The van der Waals surface area contributed by atoms with Crippen LogP contribution < -0.4 is 5.32 Å². The Hall–Kier alpha value is -1.88. The number of nitrogens with one attached hydrogen (secondary N) is 1. The molecule has 2 rings (SSSR count). The number of likely N-dealkylation sites (tertiary alicyclic amines) is 1. The van der Waals surface area contributed by atoms with Crippen LogP contribution in [0.15, 0.2) is 18.2 Å². The molecule has 1 saturated heterocycles. The predicted octanol–water partition coefficient (Wildman–Crippen LogP) is 1.92. The number of hydrogen-bond donors (Lipinski definition) is 1. The van der Waals surface area contributed by atoms with Gasteiger partial charge in [0.1, 0.15) is 0 Å². The number of aryl methyl sites for hydroxylation is 2. The van der Waals surface area contributed by atoms with Crippen LogP contribution in [0, 0.1) is 13.8 Å². The Balaban J connectivity index is 1.92. The molecular formula is C16H22N2O3. The van der Waals surface area contributed by atoms with Gasteiger partial charge in [-0.05, 0) is 31.9 Å². The fourth-order valence-corrected chi connectivity index (χ4v) is 2.64. The van der Waals surface area contributed by atoms with Gasteiger partial charge in [-0.1, -0.05) is 17.7 Å². The third-order valence-electron chi connectivity index (χ3n) is 3.84. The van der Waals surface area contributed by atoms with Crippen molar-refractivity contribution in [1.29, 1.82) is 0 Å². The second-order valence-corrected chi connectivity index (χ2v) is 5.60. The van der Waals surface area contributed by atoms with Crippen molar-refractivity contribution in [3.05, 3.63) is 34.9 Å². The summed E-state index contributed by atoms with van der Waals surface area (Å²) in [5.74, 6) is 0.134. The van der Waals surface area contributed by atoms with Crippen LogP contribution in [-0.2, 0) is 4.74 Å². The maximum Gasteiger partial charge on any atom is 0.407 e. The highest BCUT2D eigenvalue weighted by atomic mass is 16.5. The Kier molecular flexibility index (Phi) is 4.96. The van der Waals surface area contributed by atoms with Crippen molar-refractivity contribution in [3.8, 4) is 0 Å². The number of carbonyl (C=O) groups is 2. The van der Waals surface area contributed by atoms with Crippen molar-refractivity contribution >= 4 is 11.9 Å². The van der Waals surface area contributed by atoms with E-state index in [9.17, 15) is 9.59 Å². The van der Waals surface area contributed by atoms with Gasteiger partial charge in [-0.15, -0.1) is 0 Å². The minimum atomic E-state index is -0.414. The van der Waals surface area contributed by atoms with Gasteiger partial charge in [-0.3, -0.25) is 9.69 Å². The first-order chi connectivity index (χ1) is 9.99. The van der Waals surface area contributed by atoms with Gasteiger partial charge in [0.2, 0.25) is 0 Å². The number of amides is 1. The summed E-state index contributed by atoms with van der Waals surface area (Å²) < 4.78 is 4.59. The number of benzene rings is 1. The molecule has 0 saturated carbocycles. The van der Waals surface area contributed by atoms with Gasteiger partial charge in [0.15, 0.2) is 5.78 Å². The molecule has 1 amide bonds. The Morgan fingerprint density at radius 1 is 1.38 bits per heavy atom. The summed E-state index contributed by atoms with van der Waals surface area (Å²) in [6.07, 6.45) is 0.428. The maximum absolute atomic E-state index is 12.4. The summed E-state index contributed by atoms with van der Waals surface area (Å²) in [5.41, 5.74) is 2.89. The fraction of sp³-hybridized carbons (Fsp3) is 0.500. The van der Waals surface area contributed by atoms with Crippen LogP contribution in [0.3, 0.4) is 0 Å². The average Bonchev–Trinajstić information content (AvgIpc) is 2.88. The zero-order valence-electron chi connectivity index (χ0n) is 12.8. The molecule has 114 valence electrons. The molecule has 1 aromatic carbocycles. The van der Waals surface area contributed by atoms with Gasteiger partial charge >= 0.3 is 6.09 Å². The van der Waals surface area contributed by atoms with Crippen molar-refractivity contribution in [2.24, 2.45) is 0 Å². The zero-order valence-corrected chi connectivity index (χ0v) is 12.8. The molecule has 1 atom stereocenters.